The van der Waals surface area contributed by atoms with Gasteiger partial charge in [0.05, 0.1) is 0 Å². The van der Waals surface area contributed by atoms with Gasteiger partial charge >= 0.3 is 0 Å². The molecule has 2 heteroatoms. The number of hydrogen-bond donors (Lipinski definition) is 2. The Morgan fingerprint density at radius 3 is 3.00 bits per heavy atom. The highest BCUT2D eigenvalue weighted by Crippen LogP contribution is 2.20. The zero-order chi connectivity index (χ0) is 6.69. The molecule has 2 nitrogen and oxygen atoms in total. The van der Waals surface area contributed by atoms with Crippen molar-refractivity contribution in [2.75, 3.05) is 7.05 Å². The fourth-order valence-electron chi connectivity index (χ4n) is 0.944. The summed E-state index contributed by atoms with van der Waals surface area (Å²) < 4.78 is 0. The van der Waals surface area contributed by atoms with Crippen molar-refractivity contribution in [3.05, 3.63) is 23.6 Å². The molecule has 0 spiro atoms. The van der Waals surface area contributed by atoms with Crippen LogP contribution < -0.4 is 5.32 Å². The Bertz CT molecular complexity index is 158. The molecular formula is C7H11NO. The Kier molecular flexibility index (Phi) is 1.78. The van der Waals surface area contributed by atoms with Crippen molar-refractivity contribution in [3.8, 4) is 0 Å². The molecule has 0 amide bonds. The number of aliphatic hydroxyl groups is 1. The largest absolute Gasteiger partial charge is 0.508 e. The number of nitrogens with one attached hydrogen (secondary N) is 1. The van der Waals surface area contributed by atoms with Crippen LogP contribution in [0.25, 0.3) is 0 Å². The summed E-state index contributed by atoms with van der Waals surface area (Å²) in [6.07, 6.45) is 5.61. The highest BCUT2D eigenvalue weighted by Gasteiger charge is 2.07. The summed E-state index contributed by atoms with van der Waals surface area (Å²) in [7, 11) is 1.83. The molecule has 1 aliphatic rings. The minimum atomic E-state index is 0.435. The number of allylic oxidation sites excluding steroid dienone is 2. The predicted octanol–water partition coefficient (Wildman–Crippen LogP) is 1.33. The van der Waals surface area contributed by atoms with Gasteiger partial charge < -0.3 is 10.4 Å². The summed E-state index contributed by atoms with van der Waals surface area (Å²) in [5.41, 5.74) is 1.01. The average Bonchev–Trinajstić information content (AvgIpc) is 2.18. The van der Waals surface area contributed by atoms with E-state index in [2.05, 4.69) is 5.32 Å². The maximum atomic E-state index is 9.07. The van der Waals surface area contributed by atoms with Crippen LogP contribution in [-0.4, -0.2) is 12.2 Å². The highest BCUT2D eigenvalue weighted by molar-refractivity contribution is 5.29. The molecule has 0 heterocycles. The Morgan fingerprint density at radius 2 is 2.56 bits per heavy atom. The van der Waals surface area contributed by atoms with Crippen molar-refractivity contribution < 1.29 is 5.11 Å². The number of hydrogen-bond acceptors (Lipinski definition) is 2. The molecule has 50 valence electrons. The zero-order valence-electron chi connectivity index (χ0n) is 5.52. The van der Waals surface area contributed by atoms with Crippen LogP contribution in [-0.2, 0) is 0 Å². The van der Waals surface area contributed by atoms with Gasteiger partial charge in [0.2, 0.25) is 0 Å². The van der Waals surface area contributed by atoms with Gasteiger partial charge in [-0.1, -0.05) is 0 Å². The van der Waals surface area contributed by atoms with E-state index in [4.69, 9.17) is 5.11 Å². The van der Waals surface area contributed by atoms with Gasteiger partial charge in [-0.2, -0.15) is 0 Å². The second-order valence-electron chi connectivity index (χ2n) is 2.09. The Morgan fingerprint density at radius 1 is 1.78 bits per heavy atom. The molecule has 0 bridgehead atoms. The van der Waals surface area contributed by atoms with Crippen LogP contribution in [0.2, 0.25) is 0 Å². The van der Waals surface area contributed by atoms with Crippen molar-refractivity contribution in [3.63, 3.8) is 0 Å². The van der Waals surface area contributed by atoms with Crippen LogP contribution in [0.4, 0.5) is 0 Å². The third kappa shape index (κ3) is 1.25. The normalized spacial score (nSPS) is 22.3. The van der Waals surface area contributed by atoms with E-state index in [0.717, 1.165) is 18.4 Å². The predicted molar refractivity (Wildman–Crippen MR) is 37.1 cm³/mol. The van der Waals surface area contributed by atoms with E-state index >= 15 is 0 Å². The van der Waals surface area contributed by atoms with Gasteiger partial charge in [0.25, 0.3) is 0 Å². The summed E-state index contributed by atoms with van der Waals surface area (Å²) in [6.45, 7) is 0. The molecule has 0 aliphatic heterocycles. The highest BCUT2D eigenvalue weighted by atomic mass is 16.3. The Hall–Kier alpha value is -0.920. The summed E-state index contributed by atoms with van der Waals surface area (Å²) in [5, 5.41) is 12.0. The first kappa shape index (κ1) is 6.20. The van der Waals surface area contributed by atoms with Crippen LogP contribution >= 0.6 is 0 Å². The quantitative estimate of drug-likeness (QED) is 0.554. The van der Waals surface area contributed by atoms with E-state index in [9.17, 15) is 0 Å². The van der Waals surface area contributed by atoms with Crippen LogP contribution in [0.1, 0.15) is 12.8 Å². The first-order valence-electron chi connectivity index (χ1n) is 3.10. The molecule has 0 aromatic carbocycles. The van der Waals surface area contributed by atoms with Gasteiger partial charge in [0, 0.05) is 18.8 Å². The molecule has 0 saturated carbocycles. The summed E-state index contributed by atoms with van der Waals surface area (Å²) in [6, 6.07) is 0. The first-order chi connectivity index (χ1) is 4.34. The van der Waals surface area contributed by atoms with E-state index in [-0.39, 0.29) is 0 Å². The molecule has 0 atom stereocenters. The van der Waals surface area contributed by atoms with Crippen molar-refractivity contribution in [2.24, 2.45) is 0 Å². The lowest BCUT2D eigenvalue weighted by Gasteiger charge is -1.95. The van der Waals surface area contributed by atoms with Crippen molar-refractivity contribution >= 4 is 0 Å². The lowest BCUT2D eigenvalue weighted by molar-refractivity contribution is 0.425. The SMILES string of the molecule is CN/C=C1\CCC=C1O. The molecule has 9 heavy (non-hydrogen) atoms. The van der Waals surface area contributed by atoms with Crippen molar-refractivity contribution in [1.29, 1.82) is 0 Å². The molecule has 0 radical (unpaired) electrons. The maximum absolute atomic E-state index is 9.07. The summed E-state index contributed by atoms with van der Waals surface area (Å²) in [4.78, 5) is 0. The third-order valence-corrected chi connectivity index (χ3v) is 1.40. The van der Waals surface area contributed by atoms with Crippen molar-refractivity contribution in [1.82, 2.24) is 5.32 Å². The molecule has 0 fully saturated rings. The van der Waals surface area contributed by atoms with Crippen LogP contribution in [0, 0.1) is 0 Å². The molecule has 2 N–H and O–H groups in total. The summed E-state index contributed by atoms with van der Waals surface area (Å²) in [5.74, 6) is 0.435. The fraction of sp³-hybridized carbons (Fsp3) is 0.429. The third-order valence-electron chi connectivity index (χ3n) is 1.40. The zero-order valence-corrected chi connectivity index (χ0v) is 5.52. The van der Waals surface area contributed by atoms with Crippen LogP contribution in [0.5, 0.6) is 0 Å². The summed E-state index contributed by atoms with van der Waals surface area (Å²) >= 11 is 0. The first-order valence-corrected chi connectivity index (χ1v) is 3.10. The van der Waals surface area contributed by atoms with Crippen LogP contribution in [0.15, 0.2) is 23.6 Å². The second kappa shape index (κ2) is 2.58. The van der Waals surface area contributed by atoms with Gasteiger partial charge in [-0.05, 0) is 18.9 Å². The van der Waals surface area contributed by atoms with Gasteiger partial charge in [0.15, 0.2) is 0 Å². The smallest absolute Gasteiger partial charge is 0.116 e. The van der Waals surface area contributed by atoms with Crippen LogP contribution in [0.3, 0.4) is 0 Å². The monoisotopic (exact) mass is 125 g/mol. The molecule has 0 aromatic rings. The minimum Gasteiger partial charge on any atom is -0.508 e. The second-order valence-corrected chi connectivity index (χ2v) is 2.09. The van der Waals surface area contributed by atoms with E-state index < -0.39 is 0 Å². The Labute approximate surface area is 54.9 Å². The molecular weight excluding hydrogens is 114 g/mol. The lowest BCUT2D eigenvalue weighted by Crippen LogP contribution is -1.95. The number of aliphatic hydroxyl groups excluding tert-OH is 1. The van der Waals surface area contributed by atoms with Crippen molar-refractivity contribution in [2.45, 2.75) is 12.8 Å². The van der Waals surface area contributed by atoms with E-state index in [0.29, 0.717) is 5.76 Å². The molecule has 0 saturated heterocycles. The Balaban J connectivity index is 2.62. The topological polar surface area (TPSA) is 32.3 Å². The standard InChI is InChI=1S/C7H11NO/c1-8-5-6-3-2-4-7(6)9/h4-5,8-9H,2-3H2,1H3/b6-5+. The molecule has 0 unspecified atom stereocenters. The fourth-order valence-corrected chi connectivity index (χ4v) is 0.944. The van der Waals surface area contributed by atoms with Gasteiger partial charge in [0.1, 0.15) is 5.76 Å². The molecule has 1 rings (SSSR count). The minimum absolute atomic E-state index is 0.435. The average molecular weight is 125 g/mol. The van der Waals surface area contributed by atoms with E-state index in [1.165, 1.54) is 0 Å². The molecule has 0 aromatic heterocycles. The van der Waals surface area contributed by atoms with Gasteiger partial charge in [-0.3, -0.25) is 0 Å². The van der Waals surface area contributed by atoms with E-state index in [1.54, 1.807) is 0 Å². The van der Waals surface area contributed by atoms with E-state index in [1.807, 2.05) is 19.3 Å². The van der Waals surface area contributed by atoms with Gasteiger partial charge in [-0.25, -0.2) is 0 Å². The number of rotatable bonds is 1. The van der Waals surface area contributed by atoms with Gasteiger partial charge in [-0.15, -0.1) is 0 Å². The lowest BCUT2D eigenvalue weighted by atomic mass is 10.2. The maximum Gasteiger partial charge on any atom is 0.116 e. The molecule has 1 aliphatic carbocycles.